The Bertz CT molecular complexity index is 2220. The molecule has 57 heavy (non-hydrogen) atoms. The number of carbonyl (C=O) groups excluding carboxylic acids is 5. The molecule has 1 saturated heterocycles. The number of pyridine rings is 1. The number of benzene rings is 2. The number of ether oxygens (including phenoxy) is 1. The maximum absolute atomic E-state index is 13.5. The summed E-state index contributed by atoms with van der Waals surface area (Å²) < 4.78 is 7.72. The van der Waals surface area contributed by atoms with Gasteiger partial charge in [0.05, 0.1) is 35.5 Å². The van der Waals surface area contributed by atoms with Crippen molar-refractivity contribution in [1.29, 1.82) is 0 Å². The fourth-order valence-corrected chi connectivity index (χ4v) is 9.24. The number of imide groups is 2. The first-order chi connectivity index (χ1) is 27.6. The van der Waals surface area contributed by atoms with Crippen molar-refractivity contribution in [3.8, 4) is 5.75 Å². The summed E-state index contributed by atoms with van der Waals surface area (Å²) >= 11 is 0. The van der Waals surface area contributed by atoms with Crippen molar-refractivity contribution in [1.82, 2.24) is 29.9 Å². The molecule has 4 heterocycles. The second-order valence-corrected chi connectivity index (χ2v) is 16.2. The number of amides is 5. The number of aryl methyl sites for hydroxylation is 1. The number of hydrogen-bond acceptors (Lipinski definition) is 10. The Hall–Kier alpha value is -5.63. The number of hydrogen-bond donors (Lipinski definition) is 3. The predicted molar refractivity (Wildman–Crippen MR) is 214 cm³/mol. The molecule has 2 saturated carbocycles. The van der Waals surface area contributed by atoms with Crippen LogP contribution in [0.5, 0.6) is 5.75 Å². The molecule has 2 aromatic carbocycles. The van der Waals surface area contributed by atoms with E-state index in [0.717, 1.165) is 79.4 Å². The first-order valence-corrected chi connectivity index (χ1v) is 20.2. The van der Waals surface area contributed by atoms with E-state index in [2.05, 4.69) is 43.8 Å². The molecule has 0 bridgehead atoms. The zero-order valence-corrected chi connectivity index (χ0v) is 32.8. The molecule has 3 fully saturated rings. The summed E-state index contributed by atoms with van der Waals surface area (Å²) in [6, 6.07) is 14.3. The summed E-state index contributed by atoms with van der Waals surface area (Å²) in [5, 5.41) is 14.6. The van der Waals surface area contributed by atoms with Gasteiger partial charge in [0.15, 0.2) is 0 Å². The standard InChI is InChI=1S/C43H50N8O6/c1-25-6-4-9-33(45-25)40(53)46-35-20-28-24-50(48-34(28)21-37(35)57-3)30-16-12-27(13-17-30)23-49(2)29-14-10-26(11-15-29)22-44-32-8-5-7-31-39(32)43(56)51(42(31)55)36-18-19-38(52)47-41(36)54/h4-9,20-21,24,26-27,29-30,36,44H,10-19,22-23H2,1-3H3,(H,46,53)(H,47,52,54)/t26-,27-,29-,30-,36?. The summed E-state index contributed by atoms with van der Waals surface area (Å²) in [5.74, 6) is -0.627. The summed E-state index contributed by atoms with van der Waals surface area (Å²) in [7, 11) is 3.85. The third kappa shape index (κ3) is 7.87. The minimum atomic E-state index is -0.979. The van der Waals surface area contributed by atoms with E-state index in [9.17, 15) is 24.0 Å². The molecule has 8 rings (SSSR count). The van der Waals surface area contributed by atoms with Crippen LogP contribution < -0.4 is 20.7 Å². The van der Waals surface area contributed by atoms with Crippen LogP contribution >= 0.6 is 0 Å². The van der Waals surface area contributed by atoms with Gasteiger partial charge in [0.2, 0.25) is 11.8 Å². The van der Waals surface area contributed by atoms with Gasteiger partial charge in [0, 0.05) is 54.6 Å². The van der Waals surface area contributed by atoms with E-state index in [4.69, 9.17) is 9.84 Å². The molecule has 2 aliphatic heterocycles. The zero-order valence-electron chi connectivity index (χ0n) is 32.8. The highest BCUT2D eigenvalue weighted by molar-refractivity contribution is 6.25. The number of piperidine rings is 1. The van der Waals surface area contributed by atoms with Gasteiger partial charge in [0.25, 0.3) is 17.7 Å². The smallest absolute Gasteiger partial charge is 0.274 e. The van der Waals surface area contributed by atoms with E-state index in [0.29, 0.717) is 64.4 Å². The van der Waals surface area contributed by atoms with Crippen molar-refractivity contribution < 1.29 is 28.7 Å². The van der Waals surface area contributed by atoms with Gasteiger partial charge in [0.1, 0.15) is 17.5 Å². The van der Waals surface area contributed by atoms with Crippen LogP contribution in [0.3, 0.4) is 0 Å². The van der Waals surface area contributed by atoms with Crippen LogP contribution in [0.4, 0.5) is 11.4 Å². The number of carbonyl (C=O) groups is 5. The van der Waals surface area contributed by atoms with Gasteiger partial charge < -0.3 is 20.3 Å². The lowest BCUT2D eigenvalue weighted by Gasteiger charge is -2.38. The maximum atomic E-state index is 13.5. The minimum absolute atomic E-state index is 0.0920. The molecule has 0 radical (unpaired) electrons. The molecule has 5 amide bonds. The molecule has 2 aromatic heterocycles. The van der Waals surface area contributed by atoms with Gasteiger partial charge in [-0.2, -0.15) is 5.10 Å². The van der Waals surface area contributed by atoms with Crippen molar-refractivity contribution in [2.75, 3.05) is 37.9 Å². The lowest BCUT2D eigenvalue weighted by atomic mass is 9.83. The number of methoxy groups -OCH3 is 1. The third-order valence-corrected chi connectivity index (χ3v) is 12.4. The van der Waals surface area contributed by atoms with Gasteiger partial charge in [-0.25, -0.2) is 4.98 Å². The molecule has 3 N–H and O–H groups in total. The van der Waals surface area contributed by atoms with E-state index in [1.54, 1.807) is 25.3 Å². The summed E-state index contributed by atoms with van der Waals surface area (Å²) in [6.45, 7) is 3.63. The molecular formula is C43H50N8O6. The Balaban J connectivity index is 0.804. The van der Waals surface area contributed by atoms with E-state index in [1.807, 2.05) is 37.3 Å². The van der Waals surface area contributed by atoms with Gasteiger partial charge in [-0.3, -0.25) is 38.9 Å². The largest absolute Gasteiger partial charge is 0.494 e. The van der Waals surface area contributed by atoms with Gasteiger partial charge in [-0.15, -0.1) is 0 Å². The highest BCUT2D eigenvalue weighted by atomic mass is 16.5. The molecular weight excluding hydrogens is 725 g/mol. The summed E-state index contributed by atoms with van der Waals surface area (Å²) in [4.78, 5) is 71.8. The van der Waals surface area contributed by atoms with Crippen molar-refractivity contribution in [3.05, 3.63) is 77.2 Å². The van der Waals surface area contributed by atoms with Crippen LogP contribution in [0, 0.1) is 18.8 Å². The van der Waals surface area contributed by atoms with E-state index in [1.165, 1.54) is 0 Å². The number of rotatable bonds is 11. The van der Waals surface area contributed by atoms with Crippen molar-refractivity contribution in [2.45, 2.75) is 89.3 Å². The van der Waals surface area contributed by atoms with Crippen molar-refractivity contribution in [2.24, 2.45) is 11.8 Å². The van der Waals surface area contributed by atoms with E-state index in [-0.39, 0.29) is 24.7 Å². The Morgan fingerprint density at radius 1 is 0.912 bits per heavy atom. The molecule has 4 aromatic rings. The number of aromatic nitrogens is 3. The molecule has 2 aliphatic carbocycles. The van der Waals surface area contributed by atoms with E-state index < -0.39 is 23.8 Å². The van der Waals surface area contributed by atoms with Crippen LogP contribution in [0.2, 0.25) is 0 Å². The van der Waals surface area contributed by atoms with Crippen LogP contribution in [0.15, 0.2) is 54.7 Å². The molecule has 1 unspecified atom stereocenters. The van der Waals surface area contributed by atoms with Crippen LogP contribution in [-0.2, 0) is 9.59 Å². The van der Waals surface area contributed by atoms with E-state index >= 15 is 0 Å². The highest BCUT2D eigenvalue weighted by Gasteiger charge is 2.45. The normalized spacial score (nSPS) is 23.8. The Labute approximate surface area is 331 Å². The minimum Gasteiger partial charge on any atom is -0.494 e. The lowest BCUT2D eigenvalue weighted by molar-refractivity contribution is -0.136. The first kappa shape index (κ1) is 38.3. The topological polar surface area (TPSA) is 168 Å². The van der Waals surface area contributed by atoms with Gasteiger partial charge in [-0.1, -0.05) is 12.1 Å². The molecule has 4 aliphatic rings. The van der Waals surface area contributed by atoms with Gasteiger partial charge in [-0.05, 0) is 114 Å². The Morgan fingerprint density at radius 2 is 1.67 bits per heavy atom. The maximum Gasteiger partial charge on any atom is 0.274 e. The van der Waals surface area contributed by atoms with Crippen molar-refractivity contribution in [3.63, 3.8) is 0 Å². The monoisotopic (exact) mass is 774 g/mol. The zero-order chi connectivity index (χ0) is 39.8. The van der Waals surface area contributed by atoms with Gasteiger partial charge >= 0.3 is 0 Å². The fourth-order valence-electron chi connectivity index (χ4n) is 9.24. The average molecular weight is 775 g/mol. The third-order valence-electron chi connectivity index (χ3n) is 12.4. The lowest BCUT2D eigenvalue weighted by Crippen LogP contribution is -2.54. The Morgan fingerprint density at radius 3 is 2.40 bits per heavy atom. The summed E-state index contributed by atoms with van der Waals surface area (Å²) in [5.41, 5.74) is 3.76. The highest BCUT2D eigenvalue weighted by Crippen LogP contribution is 2.37. The van der Waals surface area contributed by atoms with Crippen LogP contribution in [-0.4, -0.2) is 93.4 Å². The quantitative estimate of drug-likeness (QED) is 0.160. The molecule has 14 heteroatoms. The van der Waals surface area contributed by atoms with Crippen molar-refractivity contribution >= 4 is 51.8 Å². The molecule has 14 nitrogen and oxygen atoms in total. The number of fused-ring (bicyclic) bond motifs is 2. The molecule has 298 valence electrons. The molecule has 1 atom stereocenters. The van der Waals surface area contributed by atoms with Crippen LogP contribution in [0.1, 0.15) is 107 Å². The first-order valence-electron chi connectivity index (χ1n) is 20.2. The second-order valence-electron chi connectivity index (χ2n) is 16.2. The SMILES string of the molecule is COc1cc2nn([C@H]3CC[C@H](CN(C)[C@H]4CC[C@H](CNc5cccc6c5C(=O)N(C5CCC(=O)NC5=O)C6=O)CC4)CC3)cc2cc1NC(=O)c1cccc(C)n1. The van der Waals surface area contributed by atoms with Crippen LogP contribution in [0.25, 0.3) is 10.9 Å². The second kappa shape index (κ2) is 16.1. The molecule has 0 spiro atoms. The average Bonchev–Trinajstić information content (AvgIpc) is 3.74. The Kier molecular flexibility index (Phi) is 10.8. The number of nitrogens with zero attached hydrogens (tertiary/aromatic N) is 5. The number of nitrogens with one attached hydrogen (secondary N) is 3. The summed E-state index contributed by atoms with van der Waals surface area (Å²) in [6.07, 6.45) is 11.1. The fraction of sp³-hybridized carbons (Fsp3) is 0.465. The number of anilines is 2. The predicted octanol–water partition coefficient (Wildman–Crippen LogP) is 5.74.